The van der Waals surface area contributed by atoms with Crippen LogP contribution in [-0.4, -0.2) is 6.54 Å². The van der Waals surface area contributed by atoms with E-state index in [9.17, 15) is 0 Å². The van der Waals surface area contributed by atoms with Crippen LogP contribution in [0.1, 0.15) is 5.56 Å². The van der Waals surface area contributed by atoms with Crippen molar-refractivity contribution in [1.29, 1.82) is 0 Å². The summed E-state index contributed by atoms with van der Waals surface area (Å²) in [5.74, 6) is 0. The van der Waals surface area contributed by atoms with E-state index in [2.05, 4.69) is 56.0 Å². The molecule has 3 heteroatoms. The van der Waals surface area contributed by atoms with Gasteiger partial charge in [-0.15, -0.1) is 0 Å². The number of fused-ring (bicyclic) bond motifs is 1. The van der Waals surface area contributed by atoms with Crippen molar-refractivity contribution in [1.82, 2.24) is 0 Å². The van der Waals surface area contributed by atoms with Gasteiger partial charge >= 0.3 is 0 Å². The predicted molar refractivity (Wildman–Crippen MR) is 59.1 cm³/mol. The molecule has 0 saturated carbocycles. The number of anilines is 1. The van der Waals surface area contributed by atoms with Gasteiger partial charge in [-0.1, -0.05) is 15.9 Å². The SMILES string of the molecule is Brc1cc(I)c2c(c1)CCN2. The fraction of sp³-hybridized carbons (Fsp3) is 0.250. The van der Waals surface area contributed by atoms with Crippen molar-refractivity contribution < 1.29 is 0 Å². The van der Waals surface area contributed by atoms with Gasteiger partial charge in [0.05, 0.1) is 5.69 Å². The molecule has 0 aromatic heterocycles. The molecule has 0 radical (unpaired) electrons. The highest BCUT2D eigenvalue weighted by Gasteiger charge is 2.12. The van der Waals surface area contributed by atoms with E-state index in [1.807, 2.05) is 0 Å². The number of halogens is 2. The van der Waals surface area contributed by atoms with Crippen LogP contribution in [0.4, 0.5) is 5.69 Å². The van der Waals surface area contributed by atoms with Crippen molar-refractivity contribution in [3.05, 3.63) is 25.7 Å². The Kier molecular flexibility index (Phi) is 2.10. The summed E-state index contributed by atoms with van der Waals surface area (Å²) in [5.41, 5.74) is 2.76. The van der Waals surface area contributed by atoms with E-state index in [4.69, 9.17) is 0 Å². The fourth-order valence-electron chi connectivity index (χ4n) is 1.34. The molecule has 0 aliphatic carbocycles. The largest absolute Gasteiger partial charge is 0.384 e. The van der Waals surface area contributed by atoms with Crippen LogP contribution in [0.5, 0.6) is 0 Å². The van der Waals surface area contributed by atoms with Crippen LogP contribution in [0.3, 0.4) is 0 Å². The van der Waals surface area contributed by atoms with Crippen LogP contribution in [0.15, 0.2) is 16.6 Å². The zero-order valence-electron chi connectivity index (χ0n) is 5.82. The van der Waals surface area contributed by atoms with E-state index in [-0.39, 0.29) is 0 Å². The van der Waals surface area contributed by atoms with E-state index >= 15 is 0 Å². The van der Waals surface area contributed by atoms with Gasteiger partial charge in [-0.3, -0.25) is 0 Å². The minimum absolute atomic E-state index is 1.09. The first-order chi connectivity index (χ1) is 5.27. The van der Waals surface area contributed by atoms with E-state index in [1.165, 1.54) is 19.3 Å². The van der Waals surface area contributed by atoms with Crippen molar-refractivity contribution in [2.75, 3.05) is 11.9 Å². The fourth-order valence-corrected chi connectivity index (χ4v) is 3.15. The minimum Gasteiger partial charge on any atom is -0.384 e. The topological polar surface area (TPSA) is 12.0 Å². The molecule has 0 atom stereocenters. The number of hydrogen-bond acceptors (Lipinski definition) is 1. The normalized spacial score (nSPS) is 14.4. The highest BCUT2D eigenvalue weighted by Crippen LogP contribution is 2.30. The molecular weight excluding hydrogens is 317 g/mol. The molecular formula is C8H7BrIN. The van der Waals surface area contributed by atoms with Crippen LogP contribution in [0.25, 0.3) is 0 Å². The number of hydrogen-bond donors (Lipinski definition) is 1. The molecule has 0 spiro atoms. The Morgan fingerprint density at radius 1 is 1.45 bits per heavy atom. The molecule has 0 unspecified atom stereocenters. The molecule has 1 aromatic carbocycles. The predicted octanol–water partition coefficient (Wildman–Crippen LogP) is 3.02. The standard InChI is InChI=1S/C8H7BrIN/c9-6-3-5-1-2-11-8(5)7(10)4-6/h3-4,11H,1-2H2. The second-order valence-electron chi connectivity index (χ2n) is 2.60. The molecule has 1 nitrogen and oxygen atoms in total. The molecule has 2 rings (SSSR count). The molecule has 11 heavy (non-hydrogen) atoms. The maximum absolute atomic E-state index is 3.48. The third kappa shape index (κ3) is 1.40. The Morgan fingerprint density at radius 3 is 3.09 bits per heavy atom. The summed E-state index contributed by atoms with van der Waals surface area (Å²) in [6.07, 6.45) is 1.16. The first kappa shape index (κ1) is 7.86. The number of benzene rings is 1. The Hall–Kier alpha value is 0.230. The zero-order valence-corrected chi connectivity index (χ0v) is 9.57. The van der Waals surface area contributed by atoms with Gasteiger partial charge in [0.1, 0.15) is 0 Å². The molecule has 1 aliphatic rings. The molecule has 0 fully saturated rings. The summed E-state index contributed by atoms with van der Waals surface area (Å²) >= 11 is 5.84. The highest BCUT2D eigenvalue weighted by atomic mass is 127. The summed E-state index contributed by atoms with van der Waals surface area (Å²) in [6, 6.07) is 4.33. The monoisotopic (exact) mass is 323 g/mol. The lowest BCUT2D eigenvalue weighted by molar-refractivity contribution is 1.10. The second-order valence-corrected chi connectivity index (χ2v) is 4.68. The van der Waals surface area contributed by atoms with E-state index in [1.54, 1.807) is 0 Å². The van der Waals surface area contributed by atoms with Gasteiger partial charge < -0.3 is 5.32 Å². The van der Waals surface area contributed by atoms with Crippen molar-refractivity contribution in [2.45, 2.75) is 6.42 Å². The van der Waals surface area contributed by atoms with E-state index < -0.39 is 0 Å². The Bertz CT molecular complexity index is 298. The second kappa shape index (κ2) is 2.94. The van der Waals surface area contributed by atoms with Gasteiger partial charge in [0.15, 0.2) is 0 Å². The molecule has 1 aromatic rings. The number of rotatable bonds is 0. The van der Waals surface area contributed by atoms with Crippen molar-refractivity contribution in [3.63, 3.8) is 0 Å². The summed E-state index contributed by atoms with van der Waals surface area (Å²) in [5, 5.41) is 3.37. The maximum atomic E-state index is 3.48. The third-order valence-electron chi connectivity index (χ3n) is 1.83. The van der Waals surface area contributed by atoms with Gasteiger partial charge in [0.2, 0.25) is 0 Å². The van der Waals surface area contributed by atoms with Crippen LogP contribution >= 0.6 is 38.5 Å². The Morgan fingerprint density at radius 2 is 2.27 bits per heavy atom. The minimum atomic E-state index is 1.09. The van der Waals surface area contributed by atoms with Crippen LogP contribution in [0, 0.1) is 3.57 Å². The molecule has 0 amide bonds. The lowest BCUT2D eigenvalue weighted by Crippen LogP contribution is -1.92. The van der Waals surface area contributed by atoms with Gasteiger partial charge in [0.25, 0.3) is 0 Å². The summed E-state index contributed by atoms with van der Waals surface area (Å²) in [4.78, 5) is 0. The van der Waals surface area contributed by atoms with E-state index in [0.29, 0.717) is 0 Å². The molecule has 0 bridgehead atoms. The average Bonchev–Trinajstić information content (AvgIpc) is 2.34. The van der Waals surface area contributed by atoms with Crippen LogP contribution in [-0.2, 0) is 6.42 Å². The van der Waals surface area contributed by atoms with E-state index in [0.717, 1.165) is 13.0 Å². The van der Waals surface area contributed by atoms with Gasteiger partial charge in [0, 0.05) is 14.6 Å². The van der Waals surface area contributed by atoms with Crippen LogP contribution < -0.4 is 5.32 Å². The Labute approximate surface area is 87.8 Å². The first-order valence-corrected chi connectivity index (χ1v) is 5.36. The van der Waals surface area contributed by atoms with Gasteiger partial charge in [-0.2, -0.15) is 0 Å². The first-order valence-electron chi connectivity index (χ1n) is 3.49. The maximum Gasteiger partial charge on any atom is 0.0509 e. The highest BCUT2D eigenvalue weighted by molar-refractivity contribution is 14.1. The number of nitrogens with one attached hydrogen (secondary N) is 1. The van der Waals surface area contributed by atoms with Crippen molar-refractivity contribution in [3.8, 4) is 0 Å². The molecule has 1 heterocycles. The summed E-state index contributed by atoms with van der Waals surface area (Å²) < 4.78 is 2.49. The van der Waals surface area contributed by atoms with Crippen molar-refractivity contribution in [2.24, 2.45) is 0 Å². The quantitative estimate of drug-likeness (QED) is 0.724. The third-order valence-corrected chi connectivity index (χ3v) is 3.14. The molecule has 1 N–H and O–H groups in total. The van der Waals surface area contributed by atoms with Crippen molar-refractivity contribution >= 4 is 44.2 Å². The van der Waals surface area contributed by atoms with Crippen LogP contribution in [0.2, 0.25) is 0 Å². The Balaban J connectivity index is 2.60. The zero-order chi connectivity index (χ0) is 7.84. The van der Waals surface area contributed by atoms with Gasteiger partial charge in [-0.25, -0.2) is 0 Å². The summed E-state index contributed by atoms with van der Waals surface area (Å²) in [7, 11) is 0. The molecule has 0 saturated heterocycles. The lowest BCUT2D eigenvalue weighted by atomic mass is 10.2. The molecule has 1 aliphatic heterocycles. The molecule has 58 valence electrons. The average molecular weight is 324 g/mol. The summed E-state index contributed by atoms with van der Waals surface area (Å²) in [6.45, 7) is 1.09. The lowest BCUT2D eigenvalue weighted by Gasteiger charge is -2.02. The van der Waals surface area contributed by atoms with Gasteiger partial charge in [-0.05, 0) is 46.7 Å². The smallest absolute Gasteiger partial charge is 0.0509 e.